The van der Waals surface area contributed by atoms with Gasteiger partial charge in [-0.3, -0.25) is 4.79 Å². The second-order valence-corrected chi connectivity index (χ2v) is 2.23. The van der Waals surface area contributed by atoms with Gasteiger partial charge in [0.25, 0.3) is 0 Å². The molecule has 0 aliphatic rings. The Kier molecular flexibility index (Phi) is 4.85. The minimum Gasteiger partial charge on any atom is -0.468 e. The number of carbonyl (C=O) groups is 1. The fraction of sp³-hybridized carbons (Fsp3) is 0.600. The molecule has 0 N–H and O–H groups in total. The molecule has 8 heavy (non-hydrogen) atoms. The highest BCUT2D eigenvalue weighted by molar-refractivity contribution is 8.00. The molecule has 0 rings (SSSR count). The van der Waals surface area contributed by atoms with Gasteiger partial charge >= 0.3 is 5.97 Å². The third kappa shape index (κ3) is 3.99. The predicted molar refractivity (Wildman–Crippen MR) is 34.7 cm³/mol. The minimum absolute atomic E-state index is 0.182. The van der Waals surface area contributed by atoms with Gasteiger partial charge in [-0.25, -0.2) is 0 Å². The topological polar surface area (TPSA) is 26.3 Å². The van der Waals surface area contributed by atoms with Crippen molar-refractivity contribution in [2.45, 2.75) is 0 Å². The Hall–Kier alpha value is -0.180. The van der Waals surface area contributed by atoms with Crippen LogP contribution in [0.15, 0.2) is 0 Å². The first kappa shape index (κ1) is 7.82. The molecular formula is C5H9O2S. The predicted octanol–water partition coefficient (Wildman–Crippen LogP) is 0.727. The third-order valence-corrected chi connectivity index (χ3v) is 1.32. The van der Waals surface area contributed by atoms with Crippen LogP contribution in [-0.4, -0.2) is 24.6 Å². The summed E-state index contributed by atoms with van der Waals surface area (Å²) in [6, 6.07) is 0. The van der Waals surface area contributed by atoms with Crippen LogP contribution in [0, 0.1) is 6.92 Å². The summed E-state index contributed by atoms with van der Waals surface area (Å²) in [5.74, 6) is 0.952. The van der Waals surface area contributed by atoms with Crippen LogP contribution in [0.4, 0.5) is 0 Å². The van der Waals surface area contributed by atoms with E-state index in [1.807, 2.05) is 0 Å². The highest BCUT2D eigenvalue weighted by Gasteiger charge is 1.95. The normalized spacial score (nSPS) is 8.75. The minimum atomic E-state index is -0.182. The number of rotatable bonds is 3. The van der Waals surface area contributed by atoms with Crippen molar-refractivity contribution in [3.8, 4) is 0 Å². The van der Waals surface area contributed by atoms with E-state index in [1.54, 1.807) is 0 Å². The molecule has 0 aromatic heterocycles. The molecule has 0 spiro atoms. The molecule has 0 amide bonds. The molecule has 0 heterocycles. The summed E-state index contributed by atoms with van der Waals surface area (Å²) in [5.41, 5.74) is 0. The van der Waals surface area contributed by atoms with Crippen molar-refractivity contribution in [3.63, 3.8) is 0 Å². The molecule has 47 valence electrons. The first-order chi connectivity index (χ1) is 3.81. The molecule has 0 aromatic carbocycles. The van der Waals surface area contributed by atoms with E-state index in [0.717, 1.165) is 5.75 Å². The van der Waals surface area contributed by atoms with Gasteiger partial charge in [0.2, 0.25) is 0 Å². The van der Waals surface area contributed by atoms with E-state index < -0.39 is 0 Å². The Morgan fingerprint density at radius 3 is 2.88 bits per heavy atom. The van der Waals surface area contributed by atoms with Crippen molar-refractivity contribution in [1.82, 2.24) is 0 Å². The second-order valence-electron chi connectivity index (χ2n) is 1.13. The van der Waals surface area contributed by atoms with Gasteiger partial charge in [0.1, 0.15) is 0 Å². The van der Waals surface area contributed by atoms with Crippen molar-refractivity contribution < 1.29 is 9.53 Å². The van der Waals surface area contributed by atoms with Gasteiger partial charge in [0.05, 0.1) is 12.9 Å². The molecule has 0 aliphatic carbocycles. The van der Waals surface area contributed by atoms with E-state index in [1.165, 1.54) is 18.9 Å². The average Bonchev–Trinajstić information content (AvgIpc) is 1.83. The highest BCUT2D eigenvalue weighted by Crippen LogP contribution is 1.96. The average molecular weight is 133 g/mol. The molecule has 0 fully saturated rings. The van der Waals surface area contributed by atoms with Gasteiger partial charge < -0.3 is 4.74 Å². The summed E-state index contributed by atoms with van der Waals surface area (Å²) in [4.78, 5) is 10.3. The van der Waals surface area contributed by atoms with E-state index in [2.05, 4.69) is 11.7 Å². The quantitative estimate of drug-likeness (QED) is 0.531. The lowest BCUT2D eigenvalue weighted by Crippen LogP contribution is -2.02. The van der Waals surface area contributed by atoms with Gasteiger partial charge in [-0.1, -0.05) is 0 Å². The first-order valence-corrected chi connectivity index (χ1v) is 3.40. The number of esters is 1. The summed E-state index contributed by atoms with van der Waals surface area (Å²) in [5, 5.41) is 0. The SMILES string of the molecule is [CH2]CSCC(=O)OC. The molecule has 0 atom stereocenters. The lowest BCUT2D eigenvalue weighted by atomic mass is 10.8. The first-order valence-electron chi connectivity index (χ1n) is 2.25. The number of hydrogen-bond acceptors (Lipinski definition) is 3. The molecule has 0 bridgehead atoms. The fourth-order valence-electron chi connectivity index (χ4n) is 0.214. The smallest absolute Gasteiger partial charge is 0.315 e. The Bertz CT molecular complexity index is 72.8. The number of methoxy groups -OCH3 is 1. The van der Waals surface area contributed by atoms with Crippen LogP contribution in [0.1, 0.15) is 0 Å². The van der Waals surface area contributed by atoms with Crippen LogP contribution in [0.2, 0.25) is 0 Å². The van der Waals surface area contributed by atoms with Crippen molar-refractivity contribution >= 4 is 17.7 Å². The van der Waals surface area contributed by atoms with E-state index in [0.29, 0.717) is 5.75 Å². The standard InChI is InChI=1S/C5H9O2S/c1-3-8-4-5(6)7-2/h1,3-4H2,2H3. The van der Waals surface area contributed by atoms with Gasteiger partial charge in [-0.2, -0.15) is 11.8 Å². The zero-order valence-corrected chi connectivity index (χ0v) is 5.66. The summed E-state index contributed by atoms with van der Waals surface area (Å²) < 4.78 is 4.36. The van der Waals surface area contributed by atoms with Crippen molar-refractivity contribution in [2.75, 3.05) is 18.6 Å². The second kappa shape index (κ2) is 4.97. The molecule has 3 heteroatoms. The molecule has 0 aromatic rings. The van der Waals surface area contributed by atoms with E-state index in [-0.39, 0.29) is 5.97 Å². The van der Waals surface area contributed by atoms with Crippen molar-refractivity contribution in [2.24, 2.45) is 0 Å². The molecule has 0 saturated carbocycles. The Morgan fingerprint density at radius 2 is 2.50 bits per heavy atom. The maximum atomic E-state index is 10.3. The zero-order chi connectivity index (χ0) is 6.41. The van der Waals surface area contributed by atoms with Crippen molar-refractivity contribution in [3.05, 3.63) is 6.92 Å². The highest BCUT2D eigenvalue weighted by atomic mass is 32.2. The Morgan fingerprint density at radius 1 is 1.88 bits per heavy atom. The van der Waals surface area contributed by atoms with Gasteiger partial charge in [-0.05, 0) is 12.7 Å². The third-order valence-electron chi connectivity index (χ3n) is 0.592. The monoisotopic (exact) mass is 133 g/mol. The number of hydrogen-bond donors (Lipinski definition) is 0. The van der Waals surface area contributed by atoms with Crippen LogP contribution in [0.3, 0.4) is 0 Å². The van der Waals surface area contributed by atoms with Crippen LogP contribution in [0.25, 0.3) is 0 Å². The molecule has 0 saturated heterocycles. The molecular weight excluding hydrogens is 124 g/mol. The molecule has 2 nitrogen and oxygen atoms in total. The van der Waals surface area contributed by atoms with Crippen LogP contribution < -0.4 is 0 Å². The molecule has 0 unspecified atom stereocenters. The molecule has 0 aliphatic heterocycles. The van der Waals surface area contributed by atoms with E-state index >= 15 is 0 Å². The van der Waals surface area contributed by atoms with Crippen LogP contribution >= 0.6 is 11.8 Å². The zero-order valence-electron chi connectivity index (χ0n) is 4.85. The lowest BCUT2D eigenvalue weighted by molar-refractivity contribution is -0.137. The summed E-state index contributed by atoms with van der Waals surface area (Å²) >= 11 is 1.46. The fourth-order valence-corrected chi connectivity index (χ4v) is 0.643. The van der Waals surface area contributed by atoms with Crippen molar-refractivity contribution in [1.29, 1.82) is 0 Å². The van der Waals surface area contributed by atoms with Gasteiger partial charge in [0, 0.05) is 0 Å². The van der Waals surface area contributed by atoms with Gasteiger partial charge in [0.15, 0.2) is 0 Å². The maximum absolute atomic E-state index is 10.3. The number of thioether (sulfide) groups is 1. The molecule has 1 radical (unpaired) electrons. The lowest BCUT2D eigenvalue weighted by Gasteiger charge is -1.93. The van der Waals surface area contributed by atoms with E-state index in [9.17, 15) is 4.79 Å². The Balaban J connectivity index is 2.99. The van der Waals surface area contributed by atoms with Crippen LogP contribution in [0.5, 0.6) is 0 Å². The summed E-state index contributed by atoms with van der Waals surface area (Å²) in [6.45, 7) is 3.55. The largest absolute Gasteiger partial charge is 0.468 e. The van der Waals surface area contributed by atoms with Crippen LogP contribution in [-0.2, 0) is 9.53 Å². The number of ether oxygens (including phenoxy) is 1. The summed E-state index contributed by atoms with van der Waals surface area (Å²) in [7, 11) is 1.38. The maximum Gasteiger partial charge on any atom is 0.315 e. The Labute approximate surface area is 53.6 Å². The number of carbonyl (C=O) groups excluding carboxylic acids is 1. The van der Waals surface area contributed by atoms with Gasteiger partial charge in [-0.15, -0.1) is 0 Å². The van der Waals surface area contributed by atoms with E-state index in [4.69, 9.17) is 0 Å². The summed E-state index contributed by atoms with van der Waals surface area (Å²) in [6.07, 6.45) is 0.